The molecule has 0 radical (unpaired) electrons. The molecule has 2 aliphatic carbocycles. The first-order chi connectivity index (χ1) is 8.33. The second-order valence-corrected chi connectivity index (χ2v) is 4.78. The molecule has 0 heteroatoms. The molecular formula is C17H22. The van der Waals surface area contributed by atoms with Gasteiger partial charge in [-0.3, -0.25) is 0 Å². The molecule has 0 aromatic heterocycles. The average molecular weight is 226 g/mol. The molecule has 0 N–H and O–H groups in total. The molecule has 0 nitrogen and oxygen atoms in total. The summed E-state index contributed by atoms with van der Waals surface area (Å²) in [6.45, 7) is 6.18. The molecule has 2 aliphatic rings. The van der Waals surface area contributed by atoms with Gasteiger partial charge < -0.3 is 0 Å². The highest BCUT2D eigenvalue weighted by Gasteiger charge is 2.25. The molecule has 17 heavy (non-hydrogen) atoms. The third kappa shape index (κ3) is 2.52. The van der Waals surface area contributed by atoms with Crippen LogP contribution in [-0.2, 0) is 12.8 Å². The number of allylic oxidation sites excluding steroid dienone is 4. The third-order valence-electron chi connectivity index (χ3n) is 3.65. The van der Waals surface area contributed by atoms with E-state index in [9.17, 15) is 0 Å². The summed E-state index contributed by atoms with van der Waals surface area (Å²) in [6.07, 6.45) is 11.6. The Morgan fingerprint density at radius 2 is 1.47 bits per heavy atom. The van der Waals surface area contributed by atoms with Gasteiger partial charge in [0.2, 0.25) is 0 Å². The van der Waals surface area contributed by atoms with Crippen LogP contribution in [0.4, 0.5) is 0 Å². The van der Waals surface area contributed by atoms with Crippen LogP contribution in [-0.4, -0.2) is 0 Å². The Labute approximate surface area is 105 Å². The molecule has 0 saturated heterocycles. The van der Waals surface area contributed by atoms with Crippen molar-refractivity contribution in [2.75, 3.05) is 0 Å². The number of hydrogen-bond acceptors (Lipinski definition) is 0. The molecule has 1 aromatic carbocycles. The Bertz CT molecular complexity index is 437. The molecule has 2 unspecified atom stereocenters. The van der Waals surface area contributed by atoms with Gasteiger partial charge in [-0.05, 0) is 42.7 Å². The molecule has 2 atom stereocenters. The molecule has 0 aliphatic heterocycles. The molecule has 0 bridgehead atoms. The van der Waals surface area contributed by atoms with Crippen molar-refractivity contribution >= 4 is 0 Å². The van der Waals surface area contributed by atoms with E-state index in [1.165, 1.54) is 18.4 Å². The Morgan fingerprint density at radius 1 is 0.882 bits per heavy atom. The van der Waals surface area contributed by atoms with Gasteiger partial charge in [0.15, 0.2) is 0 Å². The SMILES string of the molecule is CC.Cc1ccc2c(c1)CC1C=CC=CC1C2. The summed E-state index contributed by atoms with van der Waals surface area (Å²) in [6, 6.07) is 6.91. The standard InChI is InChI=1S/C15H16.C2H6/c1-11-6-7-14-9-12-4-2-3-5-13(12)10-15(14)8-11;1-2/h2-8,12-13H,9-10H2,1H3;1-2H3. The minimum Gasteiger partial charge on any atom is -0.0805 e. The average Bonchev–Trinajstić information content (AvgIpc) is 2.38. The van der Waals surface area contributed by atoms with E-state index in [0.717, 1.165) is 11.8 Å². The zero-order valence-electron chi connectivity index (χ0n) is 11.1. The fourth-order valence-electron chi connectivity index (χ4n) is 2.79. The van der Waals surface area contributed by atoms with Crippen molar-refractivity contribution in [1.29, 1.82) is 0 Å². The monoisotopic (exact) mass is 226 g/mol. The third-order valence-corrected chi connectivity index (χ3v) is 3.65. The fraction of sp³-hybridized carbons (Fsp3) is 0.412. The van der Waals surface area contributed by atoms with E-state index >= 15 is 0 Å². The Morgan fingerprint density at radius 3 is 2.12 bits per heavy atom. The van der Waals surface area contributed by atoms with Crippen LogP contribution in [0.25, 0.3) is 0 Å². The van der Waals surface area contributed by atoms with E-state index in [2.05, 4.69) is 49.4 Å². The van der Waals surface area contributed by atoms with Gasteiger partial charge in [0.1, 0.15) is 0 Å². The Balaban J connectivity index is 0.000000514. The molecule has 0 fully saturated rings. The summed E-state index contributed by atoms with van der Waals surface area (Å²) in [7, 11) is 0. The maximum atomic E-state index is 2.37. The molecule has 0 saturated carbocycles. The van der Waals surface area contributed by atoms with Crippen LogP contribution in [0.1, 0.15) is 30.5 Å². The lowest BCUT2D eigenvalue weighted by Gasteiger charge is -2.31. The highest BCUT2D eigenvalue weighted by atomic mass is 14.3. The number of rotatable bonds is 0. The van der Waals surface area contributed by atoms with Crippen LogP contribution >= 0.6 is 0 Å². The van der Waals surface area contributed by atoms with Gasteiger partial charge in [-0.1, -0.05) is 61.9 Å². The lowest BCUT2D eigenvalue weighted by atomic mass is 9.74. The van der Waals surface area contributed by atoms with Crippen molar-refractivity contribution in [3.8, 4) is 0 Å². The highest BCUT2D eigenvalue weighted by molar-refractivity contribution is 5.37. The smallest absolute Gasteiger partial charge is 0.0124 e. The Kier molecular flexibility index (Phi) is 3.83. The van der Waals surface area contributed by atoms with E-state index in [1.807, 2.05) is 13.8 Å². The summed E-state index contributed by atoms with van der Waals surface area (Å²) < 4.78 is 0. The topological polar surface area (TPSA) is 0 Å². The first-order valence-corrected chi connectivity index (χ1v) is 6.76. The second kappa shape index (κ2) is 5.35. The van der Waals surface area contributed by atoms with E-state index in [1.54, 1.807) is 11.1 Å². The van der Waals surface area contributed by atoms with Crippen LogP contribution in [0.3, 0.4) is 0 Å². The molecule has 3 rings (SSSR count). The van der Waals surface area contributed by atoms with E-state index in [-0.39, 0.29) is 0 Å². The highest BCUT2D eigenvalue weighted by Crippen LogP contribution is 2.34. The zero-order chi connectivity index (χ0) is 12.3. The summed E-state index contributed by atoms with van der Waals surface area (Å²) in [5.41, 5.74) is 4.51. The van der Waals surface area contributed by atoms with Gasteiger partial charge in [-0.2, -0.15) is 0 Å². The lowest BCUT2D eigenvalue weighted by molar-refractivity contribution is 0.437. The first-order valence-electron chi connectivity index (χ1n) is 6.76. The van der Waals surface area contributed by atoms with Gasteiger partial charge in [-0.15, -0.1) is 0 Å². The first kappa shape index (κ1) is 12.2. The van der Waals surface area contributed by atoms with Gasteiger partial charge in [0.25, 0.3) is 0 Å². The van der Waals surface area contributed by atoms with Crippen LogP contribution in [0.2, 0.25) is 0 Å². The van der Waals surface area contributed by atoms with Crippen LogP contribution < -0.4 is 0 Å². The minimum absolute atomic E-state index is 0.740. The predicted octanol–water partition coefficient (Wildman–Crippen LogP) is 4.48. The molecule has 1 aromatic rings. The molecule has 0 amide bonds. The summed E-state index contributed by atoms with van der Waals surface area (Å²) in [4.78, 5) is 0. The number of fused-ring (bicyclic) bond motifs is 2. The van der Waals surface area contributed by atoms with E-state index in [0.29, 0.717) is 0 Å². The van der Waals surface area contributed by atoms with E-state index in [4.69, 9.17) is 0 Å². The summed E-state index contributed by atoms with van der Waals surface area (Å²) >= 11 is 0. The molecule has 0 heterocycles. The van der Waals surface area contributed by atoms with E-state index < -0.39 is 0 Å². The van der Waals surface area contributed by atoms with Crippen molar-refractivity contribution in [3.05, 3.63) is 59.2 Å². The largest absolute Gasteiger partial charge is 0.0805 e. The van der Waals surface area contributed by atoms with Gasteiger partial charge >= 0.3 is 0 Å². The van der Waals surface area contributed by atoms with Crippen molar-refractivity contribution in [3.63, 3.8) is 0 Å². The predicted molar refractivity (Wildman–Crippen MR) is 75.2 cm³/mol. The fourth-order valence-corrected chi connectivity index (χ4v) is 2.79. The molecule has 90 valence electrons. The van der Waals surface area contributed by atoms with Crippen molar-refractivity contribution < 1.29 is 0 Å². The summed E-state index contributed by atoms with van der Waals surface area (Å²) in [5.74, 6) is 1.48. The Hall–Kier alpha value is -1.30. The minimum atomic E-state index is 0.740. The second-order valence-electron chi connectivity index (χ2n) is 4.78. The maximum absolute atomic E-state index is 2.37. The van der Waals surface area contributed by atoms with Crippen LogP contribution in [0.15, 0.2) is 42.5 Å². The van der Waals surface area contributed by atoms with Crippen LogP contribution in [0, 0.1) is 18.8 Å². The number of aryl methyl sites for hydroxylation is 1. The van der Waals surface area contributed by atoms with Crippen LogP contribution in [0.5, 0.6) is 0 Å². The van der Waals surface area contributed by atoms with Crippen molar-refractivity contribution in [2.45, 2.75) is 33.6 Å². The number of hydrogen-bond donors (Lipinski definition) is 0. The zero-order valence-corrected chi connectivity index (χ0v) is 11.1. The molecular weight excluding hydrogens is 204 g/mol. The van der Waals surface area contributed by atoms with Crippen molar-refractivity contribution in [1.82, 2.24) is 0 Å². The quantitative estimate of drug-likeness (QED) is 0.612. The van der Waals surface area contributed by atoms with Crippen molar-refractivity contribution in [2.24, 2.45) is 11.8 Å². The lowest BCUT2D eigenvalue weighted by Crippen LogP contribution is -2.23. The van der Waals surface area contributed by atoms with Gasteiger partial charge in [0, 0.05) is 0 Å². The molecule has 0 spiro atoms. The summed E-state index contributed by atoms with van der Waals surface area (Å²) in [5, 5.41) is 0. The number of benzene rings is 1. The van der Waals surface area contributed by atoms with Gasteiger partial charge in [0.05, 0.1) is 0 Å². The maximum Gasteiger partial charge on any atom is -0.0124 e. The normalized spacial score (nSPS) is 24.4. The van der Waals surface area contributed by atoms with Gasteiger partial charge in [-0.25, -0.2) is 0 Å².